The molecule has 1 fully saturated rings. The molecule has 2 aliphatic heterocycles. The van der Waals surface area contributed by atoms with E-state index in [-0.39, 0.29) is 53.4 Å². The normalized spacial score (nSPS) is 22.2. The van der Waals surface area contributed by atoms with Gasteiger partial charge in [0.05, 0.1) is 13.4 Å². The number of phenolic OH excluding ortho intramolecular Hbond substituents is 1. The van der Waals surface area contributed by atoms with Gasteiger partial charge in [-0.1, -0.05) is 0 Å². The summed E-state index contributed by atoms with van der Waals surface area (Å²) in [5.41, 5.74) is 7.36. The number of hydrogen-bond acceptors (Lipinski definition) is 15. The first-order chi connectivity index (χ1) is 20.2. The summed E-state index contributed by atoms with van der Waals surface area (Å²) in [4.78, 5) is 24.0. The number of aliphatic hydroxyl groups excluding tert-OH is 2. The molecule has 5 rings (SSSR count). The third-order valence-electron chi connectivity index (χ3n) is 7.16. The summed E-state index contributed by atoms with van der Waals surface area (Å²) in [6.45, 7) is 0.736. The maximum absolute atomic E-state index is 12.6. The van der Waals surface area contributed by atoms with Crippen LogP contribution in [0.2, 0.25) is 0 Å². The molecule has 0 amide bonds. The summed E-state index contributed by atoms with van der Waals surface area (Å²) >= 11 is 0. The second-order valence-electron chi connectivity index (χ2n) is 9.88. The number of esters is 1. The molecule has 0 unspecified atom stereocenters. The molecule has 1 aromatic carbocycles. The van der Waals surface area contributed by atoms with Gasteiger partial charge in [0, 0.05) is 24.2 Å². The summed E-state index contributed by atoms with van der Waals surface area (Å²) in [5.74, 6) is -0.787. The third kappa shape index (κ3) is 5.81. The molecular weight excluding hydrogens is 614 g/mol. The van der Waals surface area contributed by atoms with Crippen LogP contribution in [0, 0.1) is 6.92 Å². The maximum atomic E-state index is 12.6. The van der Waals surface area contributed by atoms with Crippen LogP contribution < -0.4 is 19.9 Å². The minimum atomic E-state index is -4.48. The lowest BCUT2D eigenvalue weighted by Gasteiger charge is -2.17. The molecule has 20 heteroatoms. The number of carbonyl (C=O) groups is 1. The number of phenols is 1. The number of fused-ring (bicyclic) bond motifs is 2. The van der Waals surface area contributed by atoms with Gasteiger partial charge in [-0.3, -0.25) is 4.57 Å². The molecule has 2 aliphatic rings. The first-order valence-electron chi connectivity index (χ1n) is 12.7. The van der Waals surface area contributed by atoms with E-state index in [1.54, 1.807) is 6.92 Å². The molecule has 4 atom stereocenters. The number of nitrogens with zero attached hydrogens (tertiary/aromatic N) is 4. The lowest BCUT2D eigenvalue weighted by Crippen LogP contribution is -2.43. The largest absolute Gasteiger partial charge is 0.507 e. The second kappa shape index (κ2) is 11.4. The van der Waals surface area contributed by atoms with Crippen molar-refractivity contribution in [2.75, 3.05) is 31.0 Å². The number of cyclic esters (lactones) is 1. The number of sulfonamides is 2. The monoisotopic (exact) mass is 643 g/mol. The summed E-state index contributed by atoms with van der Waals surface area (Å²) in [7, 11) is -7.55. The fourth-order valence-electron chi connectivity index (χ4n) is 5.08. The Morgan fingerprint density at radius 3 is 2.58 bits per heavy atom. The van der Waals surface area contributed by atoms with Gasteiger partial charge in [0.2, 0.25) is 20.0 Å². The molecule has 0 spiro atoms. The Hall–Kier alpha value is -3.66. The minimum Gasteiger partial charge on any atom is -0.507 e. The summed E-state index contributed by atoms with van der Waals surface area (Å²) in [6, 6.07) is 0. The van der Waals surface area contributed by atoms with Gasteiger partial charge in [0.1, 0.15) is 53.8 Å². The zero-order chi connectivity index (χ0) is 31.3. The van der Waals surface area contributed by atoms with Crippen LogP contribution in [0.1, 0.15) is 33.3 Å². The van der Waals surface area contributed by atoms with Gasteiger partial charge in [-0.15, -0.1) is 0 Å². The smallest absolute Gasteiger partial charge is 0.342 e. The Morgan fingerprint density at radius 1 is 1.14 bits per heavy atom. The van der Waals surface area contributed by atoms with Gasteiger partial charge in [0.25, 0.3) is 0 Å². The van der Waals surface area contributed by atoms with Crippen LogP contribution in [-0.2, 0) is 42.5 Å². The average Bonchev–Trinajstić information content (AvgIpc) is 3.62. The standard InChI is InChI=1S/C23H29N7O11S2/c1-10-12-6-40-23(34)14(12)16(31)11(19(10)39-2)3-4-28-42(35,36)9-43(37,38)29-5-13-17(32)18(33)22(41-13)30-8-27-15-20(24)25-7-26-21(15)30/h7-8,13,17-18,22,28-29,31-33H,3-6,9H2,1-2H3,(H2,24,25,26)/t13-,17-,18-,22-/m1/s1. The summed E-state index contributed by atoms with van der Waals surface area (Å²) in [5, 5.41) is 30.3. The lowest BCUT2D eigenvalue weighted by molar-refractivity contribution is -0.0330. The van der Waals surface area contributed by atoms with Crippen molar-refractivity contribution < 1.29 is 51.2 Å². The number of nitrogen functional groups attached to an aromatic ring is 1. The number of nitrogens with two attached hydrogens (primary N) is 1. The Balaban J connectivity index is 1.20. The number of carbonyl (C=O) groups excluding carboxylic acids is 1. The van der Waals surface area contributed by atoms with Crippen LogP contribution >= 0.6 is 0 Å². The molecule has 0 radical (unpaired) electrons. The van der Waals surface area contributed by atoms with Gasteiger partial charge in [0.15, 0.2) is 22.8 Å². The number of aromatic nitrogens is 4. The number of rotatable bonds is 11. The van der Waals surface area contributed by atoms with Gasteiger partial charge in [-0.05, 0) is 18.9 Å². The van der Waals surface area contributed by atoms with Crippen LogP contribution in [0.3, 0.4) is 0 Å². The molecule has 234 valence electrons. The van der Waals surface area contributed by atoms with Crippen LogP contribution in [0.15, 0.2) is 12.7 Å². The number of nitrogens with one attached hydrogen (secondary N) is 2. The van der Waals surface area contributed by atoms with E-state index in [2.05, 4.69) is 24.4 Å². The van der Waals surface area contributed by atoms with Gasteiger partial charge in [-0.2, -0.15) is 0 Å². The molecule has 2 aromatic heterocycles. The molecule has 3 aromatic rings. The number of ether oxygens (including phenoxy) is 3. The van der Waals surface area contributed by atoms with Crippen molar-refractivity contribution in [3.05, 3.63) is 34.9 Å². The molecule has 0 saturated carbocycles. The van der Waals surface area contributed by atoms with Gasteiger partial charge in [-0.25, -0.2) is 46.0 Å². The van der Waals surface area contributed by atoms with E-state index in [1.807, 2.05) is 0 Å². The number of aromatic hydroxyl groups is 1. The fraction of sp³-hybridized carbons (Fsp3) is 0.478. The summed E-state index contributed by atoms with van der Waals surface area (Å²) < 4.78 is 72.0. The Labute approximate surface area is 244 Å². The number of imidazole rings is 1. The highest BCUT2D eigenvalue weighted by Gasteiger charge is 2.44. The van der Waals surface area contributed by atoms with Crippen molar-refractivity contribution in [3.63, 3.8) is 0 Å². The van der Waals surface area contributed by atoms with Crippen LogP contribution in [0.5, 0.6) is 11.5 Å². The van der Waals surface area contributed by atoms with E-state index < -0.39 is 67.9 Å². The molecule has 1 saturated heterocycles. The third-order valence-corrected chi connectivity index (χ3v) is 10.9. The van der Waals surface area contributed by atoms with E-state index in [9.17, 15) is 36.9 Å². The zero-order valence-corrected chi connectivity index (χ0v) is 24.4. The molecule has 4 heterocycles. The predicted molar refractivity (Wildman–Crippen MR) is 147 cm³/mol. The quantitative estimate of drug-likeness (QED) is 0.121. The van der Waals surface area contributed by atoms with E-state index >= 15 is 0 Å². The van der Waals surface area contributed by atoms with Crippen LogP contribution in [-0.4, -0.2) is 101 Å². The highest BCUT2D eigenvalue weighted by molar-refractivity contribution is 8.06. The lowest BCUT2D eigenvalue weighted by atomic mass is 9.95. The molecule has 0 aliphatic carbocycles. The molecule has 7 N–H and O–H groups in total. The Kier molecular flexibility index (Phi) is 8.19. The number of methoxy groups -OCH3 is 1. The van der Waals surface area contributed by atoms with Crippen molar-refractivity contribution in [1.29, 1.82) is 0 Å². The van der Waals surface area contributed by atoms with E-state index in [4.69, 9.17) is 19.9 Å². The Bertz CT molecular complexity index is 1800. The van der Waals surface area contributed by atoms with E-state index in [0.29, 0.717) is 11.1 Å². The second-order valence-corrected chi connectivity index (χ2v) is 13.9. The van der Waals surface area contributed by atoms with Gasteiger partial charge >= 0.3 is 5.97 Å². The highest BCUT2D eigenvalue weighted by Crippen LogP contribution is 2.41. The SMILES string of the molecule is COc1c(C)c2c(c(O)c1CCNS(=O)(=O)CS(=O)(=O)NC[C@H]1O[C@@H](n3cnc4c(N)ncnc43)[C@H](O)[C@@H]1O)C(=O)OC2. The van der Waals surface area contributed by atoms with Crippen molar-refractivity contribution >= 4 is 43.0 Å². The number of aliphatic hydroxyl groups is 2. The van der Waals surface area contributed by atoms with E-state index in [0.717, 1.165) is 0 Å². The average molecular weight is 644 g/mol. The fourth-order valence-corrected chi connectivity index (χ4v) is 8.21. The molecule has 43 heavy (non-hydrogen) atoms. The number of hydrogen-bond donors (Lipinski definition) is 6. The first-order valence-corrected chi connectivity index (χ1v) is 16.0. The maximum Gasteiger partial charge on any atom is 0.342 e. The minimum absolute atomic E-state index is 0.0229. The van der Waals surface area contributed by atoms with Crippen molar-refractivity contribution in [2.24, 2.45) is 0 Å². The first kappa shape index (κ1) is 30.8. The highest BCUT2D eigenvalue weighted by atomic mass is 32.3. The predicted octanol–water partition coefficient (Wildman–Crippen LogP) is -2.24. The van der Waals surface area contributed by atoms with E-state index in [1.165, 1.54) is 24.3 Å². The molecule has 18 nitrogen and oxygen atoms in total. The van der Waals surface area contributed by atoms with Crippen molar-refractivity contribution in [3.8, 4) is 11.5 Å². The Morgan fingerprint density at radius 2 is 1.86 bits per heavy atom. The zero-order valence-electron chi connectivity index (χ0n) is 22.8. The van der Waals surface area contributed by atoms with Crippen molar-refractivity contribution in [2.45, 2.75) is 44.5 Å². The molecule has 0 bridgehead atoms. The molecular formula is C23H29N7O11S2. The van der Waals surface area contributed by atoms with Crippen LogP contribution in [0.25, 0.3) is 11.2 Å². The number of anilines is 1. The van der Waals surface area contributed by atoms with Crippen LogP contribution in [0.4, 0.5) is 5.82 Å². The topological polar surface area (TPSA) is 267 Å². The number of benzene rings is 1. The van der Waals surface area contributed by atoms with Gasteiger partial charge < -0.3 is 35.3 Å². The van der Waals surface area contributed by atoms with Crippen molar-refractivity contribution in [1.82, 2.24) is 29.0 Å². The summed E-state index contributed by atoms with van der Waals surface area (Å²) in [6.07, 6.45) is -3.20.